The Morgan fingerprint density at radius 2 is 1.83 bits per heavy atom. The van der Waals surface area contributed by atoms with E-state index >= 15 is 0 Å². The second-order valence-electron chi connectivity index (χ2n) is 5.82. The first-order valence-corrected chi connectivity index (χ1v) is 8.68. The molecule has 1 aliphatic rings. The lowest BCUT2D eigenvalue weighted by Crippen LogP contribution is -2.37. The topological polar surface area (TPSA) is 46.1 Å². The van der Waals surface area contributed by atoms with Crippen molar-refractivity contribution in [2.24, 2.45) is 0 Å². The summed E-state index contributed by atoms with van der Waals surface area (Å²) in [6, 6.07) is 11.8. The van der Waals surface area contributed by atoms with Crippen LogP contribution in [0.15, 0.2) is 48.8 Å². The Kier molecular flexibility index (Phi) is 3.79. The average molecular weight is 323 g/mol. The first-order valence-electron chi connectivity index (χ1n) is 7.86. The smallest absolute Gasteiger partial charge is 0.253 e. The minimum atomic E-state index is 0.107. The van der Waals surface area contributed by atoms with Gasteiger partial charge in [-0.15, -0.1) is 11.3 Å². The van der Waals surface area contributed by atoms with E-state index in [0.717, 1.165) is 37.0 Å². The van der Waals surface area contributed by atoms with Gasteiger partial charge in [0, 0.05) is 37.0 Å². The van der Waals surface area contributed by atoms with Crippen molar-refractivity contribution in [2.75, 3.05) is 13.1 Å². The Labute approximate surface area is 138 Å². The molecule has 5 heteroatoms. The van der Waals surface area contributed by atoms with Crippen molar-refractivity contribution in [2.45, 2.75) is 18.8 Å². The maximum absolute atomic E-state index is 12.5. The molecular formula is C18H17N3OS. The zero-order valence-electron chi connectivity index (χ0n) is 12.7. The lowest BCUT2D eigenvalue weighted by Gasteiger charge is -2.31. The lowest BCUT2D eigenvalue weighted by atomic mass is 9.97. The van der Waals surface area contributed by atoms with Gasteiger partial charge >= 0.3 is 0 Å². The molecule has 1 aliphatic heterocycles. The van der Waals surface area contributed by atoms with Crippen LogP contribution in [0.25, 0.3) is 10.2 Å². The van der Waals surface area contributed by atoms with E-state index in [1.165, 1.54) is 9.71 Å². The fraction of sp³-hybridized carbons (Fsp3) is 0.278. The van der Waals surface area contributed by atoms with E-state index < -0.39 is 0 Å². The summed E-state index contributed by atoms with van der Waals surface area (Å²) >= 11 is 1.79. The Morgan fingerprint density at radius 3 is 2.57 bits per heavy atom. The molecular weight excluding hydrogens is 306 g/mol. The lowest BCUT2D eigenvalue weighted by molar-refractivity contribution is 0.0713. The number of amides is 1. The quantitative estimate of drug-likeness (QED) is 0.722. The number of likely N-dealkylation sites (tertiary alicyclic amines) is 1. The second-order valence-corrected chi connectivity index (χ2v) is 6.88. The highest BCUT2D eigenvalue weighted by molar-refractivity contribution is 7.18. The average Bonchev–Trinajstić information content (AvgIpc) is 3.06. The third-order valence-corrected chi connectivity index (χ3v) is 5.57. The Balaban J connectivity index is 1.45. The van der Waals surface area contributed by atoms with Crippen LogP contribution in [0.5, 0.6) is 0 Å². The first kappa shape index (κ1) is 14.3. The Morgan fingerprint density at radius 1 is 1.09 bits per heavy atom. The van der Waals surface area contributed by atoms with Crippen LogP contribution in [0.4, 0.5) is 0 Å². The van der Waals surface area contributed by atoms with Crippen molar-refractivity contribution in [1.29, 1.82) is 0 Å². The molecule has 0 saturated carbocycles. The zero-order valence-corrected chi connectivity index (χ0v) is 13.5. The standard InChI is InChI=1S/C18H17N3OS/c22-18(14-5-9-19-10-6-14)21-11-7-13(8-12-21)17-20-15-3-1-2-4-16(15)23-17/h1-6,9-10,13H,7-8,11-12H2. The van der Waals surface area contributed by atoms with Gasteiger partial charge in [0.2, 0.25) is 0 Å². The van der Waals surface area contributed by atoms with Crippen LogP contribution in [0.1, 0.15) is 34.1 Å². The van der Waals surface area contributed by atoms with Crippen LogP contribution in [-0.4, -0.2) is 33.9 Å². The summed E-state index contributed by atoms with van der Waals surface area (Å²) in [7, 11) is 0. The van der Waals surface area contributed by atoms with Crippen LogP contribution in [0, 0.1) is 0 Å². The molecule has 1 saturated heterocycles. The predicted octanol–water partition coefficient (Wildman–Crippen LogP) is 3.71. The molecule has 3 heterocycles. The largest absolute Gasteiger partial charge is 0.339 e. The van der Waals surface area contributed by atoms with Crippen molar-refractivity contribution in [3.05, 3.63) is 59.4 Å². The molecule has 0 radical (unpaired) electrons. The summed E-state index contributed by atoms with van der Waals surface area (Å²) in [6.45, 7) is 1.59. The molecule has 3 aromatic rings. The zero-order chi connectivity index (χ0) is 15.6. The highest BCUT2D eigenvalue weighted by Crippen LogP contribution is 2.34. The number of para-hydroxylation sites is 1. The van der Waals surface area contributed by atoms with Crippen molar-refractivity contribution in [3.8, 4) is 0 Å². The number of thiazole rings is 1. The normalized spacial score (nSPS) is 15.9. The van der Waals surface area contributed by atoms with Gasteiger partial charge in [-0.2, -0.15) is 0 Å². The van der Waals surface area contributed by atoms with E-state index in [1.807, 2.05) is 11.0 Å². The maximum atomic E-state index is 12.5. The SMILES string of the molecule is O=C(c1ccncc1)N1CCC(c2nc3ccccc3s2)CC1. The third-order valence-electron chi connectivity index (χ3n) is 4.37. The van der Waals surface area contributed by atoms with E-state index in [0.29, 0.717) is 5.92 Å². The van der Waals surface area contributed by atoms with Crippen molar-refractivity contribution >= 4 is 27.5 Å². The fourth-order valence-electron chi connectivity index (χ4n) is 3.07. The molecule has 0 bridgehead atoms. The monoisotopic (exact) mass is 323 g/mol. The minimum Gasteiger partial charge on any atom is -0.339 e. The van der Waals surface area contributed by atoms with Gasteiger partial charge in [-0.3, -0.25) is 9.78 Å². The summed E-state index contributed by atoms with van der Waals surface area (Å²) in [5.41, 5.74) is 1.81. The van der Waals surface area contributed by atoms with Crippen LogP contribution < -0.4 is 0 Å². The van der Waals surface area contributed by atoms with Gasteiger partial charge in [0.1, 0.15) is 0 Å². The van der Waals surface area contributed by atoms with E-state index in [2.05, 4.69) is 23.2 Å². The number of hydrogen-bond acceptors (Lipinski definition) is 4. The highest BCUT2D eigenvalue weighted by atomic mass is 32.1. The summed E-state index contributed by atoms with van der Waals surface area (Å²) in [5, 5.41) is 1.21. The number of hydrogen-bond donors (Lipinski definition) is 0. The summed E-state index contributed by atoms with van der Waals surface area (Å²) in [4.78, 5) is 23.2. The molecule has 1 amide bonds. The predicted molar refractivity (Wildman–Crippen MR) is 91.7 cm³/mol. The van der Waals surface area contributed by atoms with E-state index in [4.69, 9.17) is 4.98 Å². The molecule has 1 aromatic carbocycles. The van der Waals surface area contributed by atoms with Crippen LogP contribution in [0.3, 0.4) is 0 Å². The number of rotatable bonds is 2. The van der Waals surface area contributed by atoms with E-state index in [1.54, 1.807) is 35.9 Å². The summed E-state index contributed by atoms with van der Waals surface area (Å²) in [5.74, 6) is 0.573. The molecule has 0 unspecified atom stereocenters. The Bertz CT molecular complexity index is 789. The maximum Gasteiger partial charge on any atom is 0.253 e. The molecule has 1 fully saturated rings. The van der Waals surface area contributed by atoms with Crippen molar-refractivity contribution in [3.63, 3.8) is 0 Å². The minimum absolute atomic E-state index is 0.107. The number of piperidine rings is 1. The van der Waals surface area contributed by atoms with Crippen LogP contribution >= 0.6 is 11.3 Å². The number of benzene rings is 1. The van der Waals surface area contributed by atoms with Gasteiger partial charge in [-0.1, -0.05) is 12.1 Å². The van der Waals surface area contributed by atoms with Gasteiger partial charge < -0.3 is 4.90 Å². The van der Waals surface area contributed by atoms with Crippen LogP contribution in [-0.2, 0) is 0 Å². The van der Waals surface area contributed by atoms with Gasteiger partial charge in [0.05, 0.1) is 15.2 Å². The van der Waals surface area contributed by atoms with Crippen LogP contribution in [0.2, 0.25) is 0 Å². The number of pyridine rings is 1. The molecule has 0 aliphatic carbocycles. The number of aromatic nitrogens is 2. The van der Waals surface area contributed by atoms with Gasteiger partial charge in [-0.05, 0) is 37.1 Å². The molecule has 116 valence electrons. The Hall–Kier alpha value is -2.27. The first-order chi connectivity index (χ1) is 11.3. The highest BCUT2D eigenvalue weighted by Gasteiger charge is 2.26. The number of carbonyl (C=O) groups excluding carboxylic acids is 1. The van der Waals surface area contributed by atoms with Crippen molar-refractivity contribution < 1.29 is 4.79 Å². The number of nitrogens with zero attached hydrogens (tertiary/aromatic N) is 3. The van der Waals surface area contributed by atoms with Crippen molar-refractivity contribution in [1.82, 2.24) is 14.9 Å². The number of fused-ring (bicyclic) bond motifs is 1. The molecule has 4 rings (SSSR count). The van der Waals surface area contributed by atoms with E-state index in [9.17, 15) is 4.79 Å². The summed E-state index contributed by atoms with van der Waals surface area (Å²) < 4.78 is 1.25. The van der Waals surface area contributed by atoms with Gasteiger partial charge in [-0.25, -0.2) is 4.98 Å². The van der Waals surface area contributed by atoms with Gasteiger partial charge in [0.15, 0.2) is 0 Å². The molecule has 0 atom stereocenters. The summed E-state index contributed by atoms with van der Waals surface area (Å²) in [6.07, 6.45) is 5.30. The second kappa shape index (κ2) is 6.08. The number of carbonyl (C=O) groups is 1. The fourth-order valence-corrected chi connectivity index (χ4v) is 4.21. The molecule has 2 aromatic heterocycles. The molecule has 23 heavy (non-hydrogen) atoms. The molecule has 0 N–H and O–H groups in total. The van der Waals surface area contributed by atoms with Gasteiger partial charge in [0.25, 0.3) is 5.91 Å². The van der Waals surface area contributed by atoms with E-state index in [-0.39, 0.29) is 5.91 Å². The third kappa shape index (κ3) is 2.84. The molecule has 0 spiro atoms. The molecule has 4 nitrogen and oxygen atoms in total.